The molecule has 7 nitrogen and oxygen atoms in total. The summed E-state index contributed by atoms with van der Waals surface area (Å²) in [4.78, 5) is 20.7. The fourth-order valence-electron chi connectivity index (χ4n) is 3.32. The van der Waals surface area contributed by atoms with E-state index in [9.17, 15) is 18.0 Å². The van der Waals surface area contributed by atoms with E-state index < -0.39 is 11.7 Å². The summed E-state index contributed by atoms with van der Waals surface area (Å²) >= 11 is 0. The molecule has 2 aromatic carbocycles. The number of carbonyl (C=O) groups is 1. The first-order valence-electron chi connectivity index (χ1n) is 10.6. The number of aryl methyl sites for hydroxylation is 1. The standard InChI is InChI=1S/C24H22F3N5O2/c1-3-10-29-22(33)20-14-18(9-11-28-20)34-17-7-8-21-19(13-17)31-23(32(21)2)30-16-6-4-5-15(12-16)24(25,26)27/h4-9,11-14H,3,10H2,1-2H3,(H,29,33)(H,30,31). The molecule has 0 saturated carbocycles. The van der Waals surface area contributed by atoms with Gasteiger partial charge in [-0.05, 0) is 42.8 Å². The summed E-state index contributed by atoms with van der Waals surface area (Å²) in [6.07, 6.45) is -2.12. The number of anilines is 2. The number of nitrogens with zero attached hydrogens (tertiary/aromatic N) is 3. The lowest BCUT2D eigenvalue weighted by molar-refractivity contribution is -0.137. The molecule has 0 aliphatic rings. The van der Waals surface area contributed by atoms with Gasteiger partial charge in [0.25, 0.3) is 5.91 Å². The molecule has 0 fully saturated rings. The van der Waals surface area contributed by atoms with E-state index in [0.29, 0.717) is 29.5 Å². The van der Waals surface area contributed by atoms with Crippen LogP contribution in [-0.2, 0) is 13.2 Å². The van der Waals surface area contributed by atoms with Gasteiger partial charge in [0.05, 0.1) is 16.6 Å². The normalized spacial score (nSPS) is 11.4. The lowest BCUT2D eigenvalue weighted by Crippen LogP contribution is -2.24. The molecule has 2 aromatic heterocycles. The minimum Gasteiger partial charge on any atom is -0.457 e. The Labute approximate surface area is 193 Å². The maximum absolute atomic E-state index is 13.0. The van der Waals surface area contributed by atoms with E-state index in [1.807, 2.05) is 6.92 Å². The summed E-state index contributed by atoms with van der Waals surface area (Å²) < 4.78 is 46.7. The molecule has 0 unspecified atom stereocenters. The Hall–Kier alpha value is -4.08. The fourth-order valence-corrected chi connectivity index (χ4v) is 3.32. The number of carbonyl (C=O) groups excluding carboxylic acids is 1. The summed E-state index contributed by atoms with van der Waals surface area (Å²) in [5, 5.41) is 5.70. The van der Waals surface area contributed by atoms with Crippen LogP contribution in [0.5, 0.6) is 11.5 Å². The Balaban J connectivity index is 1.55. The van der Waals surface area contributed by atoms with Crippen molar-refractivity contribution in [1.82, 2.24) is 19.9 Å². The highest BCUT2D eigenvalue weighted by atomic mass is 19.4. The molecule has 2 heterocycles. The van der Waals surface area contributed by atoms with Gasteiger partial charge in [0, 0.05) is 37.6 Å². The van der Waals surface area contributed by atoms with Gasteiger partial charge >= 0.3 is 6.18 Å². The van der Waals surface area contributed by atoms with Gasteiger partial charge in [0.2, 0.25) is 5.95 Å². The number of ether oxygens (including phenoxy) is 1. The Morgan fingerprint density at radius 1 is 1.09 bits per heavy atom. The van der Waals surface area contributed by atoms with Gasteiger partial charge < -0.3 is 19.9 Å². The van der Waals surface area contributed by atoms with E-state index in [2.05, 4.69) is 20.6 Å². The number of alkyl halides is 3. The number of fused-ring (bicyclic) bond motifs is 1. The minimum absolute atomic E-state index is 0.248. The SMILES string of the molecule is CCCNC(=O)c1cc(Oc2ccc3c(c2)nc(Nc2cccc(C(F)(F)F)c2)n3C)ccn1. The quantitative estimate of drug-likeness (QED) is 0.365. The van der Waals surface area contributed by atoms with E-state index in [0.717, 1.165) is 24.1 Å². The van der Waals surface area contributed by atoms with E-state index in [-0.39, 0.29) is 17.3 Å². The average molecular weight is 469 g/mol. The topological polar surface area (TPSA) is 81.1 Å². The van der Waals surface area contributed by atoms with Crippen LogP contribution in [0.3, 0.4) is 0 Å². The highest BCUT2D eigenvalue weighted by Crippen LogP contribution is 2.32. The number of aromatic nitrogens is 3. The second-order valence-electron chi connectivity index (χ2n) is 7.58. The summed E-state index contributed by atoms with van der Waals surface area (Å²) in [7, 11) is 1.76. The molecule has 0 radical (unpaired) electrons. The first-order chi connectivity index (χ1) is 16.2. The monoisotopic (exact) mass is 469 g/mol. The molecule has 0 saturated heterocycles. The van der Waals surface area contributed by atoms with E-state index in [4.69, 9.17) is 4.74 Å². The highest BCUT2D eigenvalue weighted by Gasteiger charge is 2.30. The molecule has 0 bridgehead atoms. The van der Waals surface area contributed by atoms with Gasteiger partial charge in [-0.25, -0.2) is 4.98 Å². The third kappa shape index (κ3) is 5.11. The summed E-state index contributed by atoms with van der Waals surface area (Å²) in [5.41, 5.74) is 1.13. The first-order valence-corrected chi connectivity index (χ1v) is 10.6. The summed E-state index contributed by atoms with van der Waals surface area (Å²) in [5.74, 6) is 1.03. The summed E-state index contributed by atoms with van der Waals surface area (Å²) in [6.45, 7) is 2.51. The smallest absolute Gasteiger partial charge is 0.416 e. The lowest BCUT2D eigenvalue weighted by atomic mass is 10.2. The van der Waals surface area contributed by atoms with Gasteiger partial charge in [-0.1, -0.05) is 13.0 Å². The number of amides is 1. The number of benzene rings is 2. The number of halogens is 3. The van der Waals surface area contributed by atoms with Crippen molar-refractivity contribution in [1.29, 1.82) is 0 Å². The van der Waals surface area contributed by atoms with Crippen LogP contribution in [0.1, 0.15) is 29.4 Å². The molecule has 10 heteroatoms. The number of hydrogen-bond donors (Lipinski definition) is 2. The molecule has 2 N–H and O–H groups in total. The molecule has 0 atom stereocenters. The molecule has 4 rings (SSSR count). The predicted octanol–water partition coefficient (Wildman–Crippen LogP) is 5.66. The zero-order chi connectivity index (χ0) is 24.3. The summed E-state index contributed by atoms with van der Waals surface area (Å²) in [6, 6.07) is 13.4. The van der Waals surface area contributed by atoms with Crippen molar-refractivity contribution in [3.63, 3.8) is 0 Å². The number of nitrogens with one attached hydrogen (secondary N) is 2. The maximum atomic E-state index is 13.0. The second-order valence-corrected chi connectivity index (χ2v) is 7.58. The number of imidazole rings is 1. The van der Waals surface area contributed by atoms with Crippen LogP contribution >= 0.6 is 0 Å². The third-order valence-corrected chi connectivity index (χ3v) is 5.03. The van der Waals surface area contributed by atoms with Crippen molar-refractivity contribution in [3.05, 3.63) is 72.1 Å². The van der Waals surface area contributed by atoms with Crippen molar-refractivity contribution in [3.8, 4) is 11.5 Å². The number of pyridine rings is 1. The molecule has 0 aliphatic carbocycles. The van der Waals surface area contributed by atoms with E-state index >= 15 is 0 Å². The Morgan fingerprint density at radius 3 is 2.65 bits per heavy atom. The van der Waals surface area contributed by atoms with Gasteiger partial charge in [-0.2, -0.15) is 13.2 Å². The Bertz CT molecular complexity index is 1330. The van der Waals surface area contributed by atoms with Crippen molar-refractivity contribution < 1.29 is 22.7 Å². The van der Waals surface area contributed by atoms with Gasteiger partial charge in [0.1, 0.15) is 17.2 Å². The minimum atomic E-state index is -4.43. The van der Waals surface area contributed by atoms with Crippen molar-refractivity contribution in [2.45, 2.75) is 19.5 Å². The largest absolute Gasteiger partial charge is 0.457 e. The number of rotatable bonds is 7. The van der Waals surface area contributed by atoms with Gasteiger partial charge in [0.15, 0.2) is 0 Å². The Morgan fingerprint density at radius 2 is 1.88 bits per heavy atom. The number of hydrogen-bond acceptors (Lipinski definition) is 5. The van der Waals surface area contributed by atoms with Crippen LogP contribution in [0.2, 0.25) is 0 Å². The fraction of sp³-hybridized carbons (Fsp3) is 0.208. The molecular formula is C24H22F3N5O2. The maximum Gasteiger partial charge on any atom is 0.416 e. The molecular weight excluding hydrogens is 447 g/mol. The first kappa shape index (κ1) is 23.1. The molecule has 0 aliphatic heterocycles. The van der Waals surface area contributed by atoms with Crippen LogP contribution in [-0.4, -0.2) is 27.0 Å². The zero-order valence-corrected chi connectivity index (χ0v) is 18.5. The van der Waals surface area contributed by atoms with Crippen molar-refractivity contribution >= 4 is 28.6 Å². The molecule has 176 valence electrons. The molecule has 34 heavy (non-hydrogen) atoms. The van der Waals surface area contributed by atoms with Crippen LogP contribution in [0, 0.1) is 0 Å². The average Bonchev–Trinajstić information content (AvgIpc) is 3.11. The van der Waals surface area contributed by atoms with Crippen LogP contribution in [0.25, 0.3) is 11.0 Å². The van der Waals surface area contributed by atoms with Crippen molar-refractivity contribution in [2.75, 3.05) is 11.9 Å². The van der Waals surface area contributed by atoms with E-state index in [1.54, 1.807) is 48.0 Å². The van der Waals surface area contributed by atoms with Gasteiger partial charge in [-0.3, -0.25) is 9.78 Å². The van der Waals surface area contributed by atoms with E-state index in [1.165, 1.54) is 12.3 Å². The third-order valence-electron chi connectivity index (χ3n) is 5.03. The second kappa shape index (κ2) is 9.42. The predicted molar refractivity (Wildman–Crippen MR) is 122 cm³/mol. The molecule has 4 aromatic rings. The highest BCUT2D eigenvalue weighted by molar-refractivity contribution is 5.92. The molecule has 1 amide bonds. The zero-order valence-electron chi connectivity index (χ0n) is 18.5. The van der Waals surface area contributed by atoms with Crippen LogP contribution in [0.15, 0.2) is 60.8 Å². The lowest BCUT2D eigenvalue weighted by Gasteiger charge is -2.10. The van der Waals surface area contributed by atoms with Gasteiger partial charge in [-0.15, -0.1) is 0 Å². The van der Waals surface area contributed by atoms with Crippen molar-refractivity contribution in [2.24, 2.45) is 7.05 Å². The molecule has 0 spiro atoms. The van der Waals surface area contributed by atoms with Crippen LogP contribution < -0.4 is 15.4 Å². The Kier molecular flexibility index (Phi) is 6.40. The van der Waals surface area contributed by atoms with Crippen LogP contribution in [0.4, 0.5) is 24.8 Å².